The minimum Gasteiger partial charge on any atom is -0.497 e. The summed E-state index contributed by atoms with van der Waals surface area (Å²) in [5.41, 5.74) is 3.19. The molecule has 0 fully saturated rings. The number of rotatable bonds is 6. The van der Waals surface area contributed by atoms with Crippen molar-refractivity contribution in [2.24, 2.45) is 0 Å². The summed E-state index contributed by atoms with van der Waals surface area (Å²) in [6.07, 6.45) is 2.02. The van der Waals surface area contributed by atoms with Gasteiger partial charge in [-0.15, -0.1) is 10.2 Å². The Hall–Kier alpha value is -2.58. The molecular formula is C21H22N4O2S2. The van der Waals surface area contributed by atoms with Crippen LogP contribution in [0.2, 0.25) is 0 Å². The fourth-order valence-corrected chi connectivity index (χ4v) is 5.27. The molecule has 4 rings (SSSR count). The molecule has 0 saturated heterocycles. The number of carbonyl (C=O) groups is 1. The van der Waals surface area contributed by atoms with Crippen molar-refractivity contribution in [1.82, 2.24) is 10.2 Å². The second-order valence-electron chi connectivity index (χ2n) is 6.71. The first-order chi connectivity index (χ1) is 14.1. The van der Waals surface area contributed by atoms with Crippen molar-refractivity contribution in [3.05, 3.63) is 54.1 Å². The summed E-state index contributed by atoms with van der Waals surface area (Å²) in [6, 6.07) is 15.8. The molecule has 1 atom stereocenters. The number of para-hydroxylation sites is 1. The van der Waals surface area contributed by atoms with Crippen molar-refractivity contribution in [2.75, 3.05) is 23.9 Å². The molecule has 2 aromatic carbocycles. The molecule has 6 nitrogen and oxygen atoms in total. The van der Waals surface area contributed by atoms with E-state index in [1.165, 1.54) is 28.7 Å². The molecule has 0 radical (unpaired) electrons. The topological polar surface area (TPSA) is 67.3 Å². The van der Waals surface area contributed by atoms with Crippen LogP contribution in [0.1, 0.15) is 18.9 Å². The lowest BCUT2D eigenvalue weighted by atomic mass is 10.0. The Morgan fingerprint density at radius 3 is 2.79 bits per heavy atom. The highest BCUT2D eigenvalue weighted by Crippen LogP contribution is 2.34. The molecule has 1 aliphatic heterocycles. The van der Waals surface area contributed by atoms with E-state index < -0.39 is 0 Å². The average Bonchev–Trinajstić information content (AvgIpc) is 3.20. The first-order valence-electron chi connectivity index (χ1n) is 9.44. The third-order valence-corrected chi connectivity index (χ3v) is 6.76. The zero-order valence-corrected chi connectivity index (χ0v) is 17.9. The van der Waals surface area contributed by atoms with E-state index in [9.17, 15) is 4.79 Å². The first kappa shape index (κ1) is 19.7. The highest BCUT2D eigenvalue weighted by molar-refractivity contribution is 8.02. The van der Waals surface area contributed by atoms with Crippen LogP contribution < -0.4 is 15.0 Å². The number of benzene rings is 2. The summed E-state index contributed by atoms with van der Waals surface area (Å²) < 4.78 is 5.94. The highest BCUT2D eigenvalue weighted by Gasteiger charge is 2.27. The fraction of sp³-hybridized carbons (Fsp3) is 0.286. The van der Waals surface area contributed by atoms with Crippen molar-refractivity contribution < 1.29 is 9.53 Å². The van der Waals surface area contributed by atoms with Crippen LogP contribution in [-0.4, -0.2) is 35.0 Å². The van der Waals surface area contributed by atoms with Gasteiger partial charge in [0.15, 0.2) is 4.34 Å². The Labute approximate surface area is 178 Å². The number of hydrogen-bond donors (Lipinski definition) is 1. The van der Waals surface area contributed by atoms with Crippen molar-refractivity contribution in [3.8, 4) is 5.75 Å². The maximum Gasteiger partial charge on any atom is 0.240 e. The first-order valence-corrected chi connectivity index (χ1v) is 11.1. The molecule has 29 heavy (non-hydrogen) atoms. The van der Waals surface area contributed by atoms with E-state index in [-0.39, 0.29) is 11.2 Å². The molecule has 0 saturated carbocycles. The number of aryl methyl sites for hydroxylation is 1. The van der Waals surface area contributed by atoms with Crippen LogP contribution in [0.4, 0.5) is 16.5 Å². The Bertz CT molecular complexity index is 990. The molecule has 0 unspecified atom stereocenters. The van der Waals surface area contributed by atoms with Gasteiger partial charge in [-0.1, -0.05) is 41.3 Å². The van der Waals surface area contributed by atoms with Gasteiger partial charge in [0.1, 0.15) is 5.75 Å². The number of ether oxygens (including phenoxy) is 1. The molecule has 0 bridgehead atoms. The normalized spacial score (nSPS) is 14.2. The summed E-state index contributed by atoms with van der Waals surface area (Å²) in [5.74, 6) is 0.915. The number of nitrogens with zero attached hydrogens (tertiary/aromatic N) is 3. The Morgan fingerprint density at radius 2 is 2.00 bits per heavy atom. The van der Waals surface area contributed by atoms with Gasteiger partial charge in [0.25, 0.3) is 0 Å². The predicted molar refractivity (Wildman–Crippen MR) is 119 cm³/mol. The Morgan fingerprint density at radius 1 is 1.21 bits per heavy atom. The van der Waals surface area contributed by atoms with Gasteiger partial charge < -0.3 is 15.0 Å². The van der Waals surface area contributed by atoms with Gasteiger partial charge in [-0.3, -0.25) is 4.79 Å². The van der Waals surface area contributed by atoms with E-state index in [0.29, 0.717) is 5.13 Å². The van der Waals surface area contributed by atoms with Crippen molar-refractivity contribution in [1.29, 1.82) is 0 Å². The van der Waals surface area contributed by atoms with Gasteiger partial charge in [0.2, 0.25) is 11.0 Å². The summed E-state index contributed by atoms with van der Waals surface area (Å²) in [6.45, 7) is 2.70. The van der Waals surface area contributed by atoms with E-state index >= 15 is 0 Å². The Kier molecular flexibility index (Phi) is 6.01. The number of hydrogen-bond acceptors (Lipinski definition) is 7. The van der Waals surface area contributed by atoms with E-state index in [1.54, 1.807) is 7.11 Å². The monoisotopic (exact) mass is 426 g/mol. The molecule has 1 aliphatic rings. The molecule has 3 aromatic rings. The van der Waals surface area contributed by atoms with Crippen LogP contribution in [0.5, 0.6) is 5.75 Å². The third kappa shape index (κ3) is 4.54. The van der Waals surface area contributed by atoms with Gasteiger partial charge in [-0.25, -0.2) is 0 Å². The van der Waals surface area contributed by atoms with E-state index in [2.05, 4.69) is 21.6 Å². The maximum atomic E-state index is 13.1. The van der Waals surface area contributed by atoms with Gasteiger partial charge in [-0.2, -0.15) is 0 Å². The zero-order chi connectivity index (χ0) is 20.2. The van der Waals surface area contributed by atoms with Crippen molar-refractivity contribution >= 4 is 45.5 Å². The van der Waals surface area contributed by atoms with Crippen LogP contribution in [0.25, 0.3) is 0 Å². The van der Waals surface area contributed by atoms with Crippen LogP contribution >= 0.6 is 23.1 Å². The number of amides is 1. The summed E-state index contributed by atoms with van der Waals surface area (Å²) in [4.78, 5) is 15.0. The zero-order valence-electron chi connectivity index (χ0n) is 16.3. The number of methoxy groups -OCH3 is 1. The molecule has 1 amide bonds. The van der Waals surface area contributed by atoms with Gasteiger partial charge in [0, 0.05) is 17.9 Å². The second kappa shape index (κ2) is 8.84. The third-order valence-electron chi connectivity index (χ3n) is 4.75. The molecule has 8 heteroatoms. The molecular weight excluding hydrogens is 404 g/mol. The minimum absolute atomic E-state index is 0.113. The standard InChI is InChI=1S/C21H22N4O2S2/c1-14(19(26)25-13-5-7-15-6-3-4-8-18(15)25)28-21-24-23-20(29-21)22-16-9-11-17(27-2)12-10-16/h3-4,6,8-12,14H,5,7,13H2,1-2H3,(H,22,23)/t14-/m0/s1. The molecule has 0 aliphatic carbocycles. The largest absolute Gasteiger partial charge is 0.497 e. The predicted octanol–water partition coefficient (Wildman–Crippen LogP) is 4.75. The van der Waals surface area contributed by atoms with Crippen LogP contribution in [0.3, 0.4) is 0 Å². The quantitative estimate of drug-likeness (QED) is 0.574. The van der Waals surface area contributed by atoms with Crippen LogP contribution in [0, 0.1) is 0 Å². The lowest BCUT2D eigenvalue weighted by molar-refractivity contribution is -0.117. The smallest absolute Gasteiger partial charge is 0.240 e. The number of anilines is 3. The SMILES string of the molecule is COc1ccc(Nc2nnc(S[C@@H](C)C(=O)N3CCCc4ccccc43)s2)cc1. The molecule has 0 spiro atoms. The number of nitrogens with one attached hydrogen (secondary N) is 1. The second-order valence-corrected chi connectivity index (χ2v) is 9.27. The summed E-state index contributed by atoms with van der Waals surface area (Å²) >= 11 is 2.89. The molecule has 1 N–H and O–H groups in total. The number of fused-ring (bicyclic) bond motifs is 1. The fourth-order valence-electron chi connectivity index (χ4n) is 3.29. The van der Waals surface area contributed by atoms with Gasteiger partial charge >= 0.3 is 0 Å². The van der Waals surface area contributed by atoms with Crippen molar-refractivity contribution in [2.45, 2.75) is 29.4 Å². The van der Waals surface area contributed by atoms with Gasteiger partial charge in [0.05, 0.1) is 12.4 Å². The Balaban J connectivity index is 1.40. The average molecular weight is 427 g/mol. The van der Waals surface area contributed by atoms with Crippen LogP contribution in [-0.2, 0) is 11.2 Å². The lowest BCUT2D eigenvalue weighted by Crippen LogP contribution is -2.40. The molecule has 2 heterocycles. The van der Waals surface area contributed by atoms with Gasteiger partial charge in [-0.05, 0) is 55.7 Å². The van der Waals surface area contributed by atoms with E-state index in [0.717, 1.165) is 40.9 Å². The van der Waals surface area contributed by atoms with Crippen LogP contribution in [0.15, 0.2) is 52.9 Å². The lowest BCUT2D eigenvalue weighted by Gasteiger charge is -2.31. The highest BCUT2D eigenvalue weighted by atomic mass is 32.2. The number of carbonyl (C=O) groups excluding carboxylic acids is 1. The summed E-state index contributed by atoms with van der Waals surface area (Å²) in [7, 11) is 1.64. The van der Waals surface area contributed by atoms with E-state index in [1.807, 2.05) is 54.3 Å². The van der Waals surface area contributed by atoms with E-state index in [4.69, 9.17) is 4.74 Å². The number of aromatic nitrogens is 2. The summed E-state index contributed by atoms with van der Waals surface area (Å²) in [5, 5.41) is 12.1. The van der Waals surface area contributed by atoms with Crippen molar-refractivity contribution in [3.63, 3.8) is 0 Å². The maximum absolute atomic E-state index is 13.1. The minimum atomic E-state index is -0.233. The molecule has 1 aromatic heterocycles. The molecule has 150 valence electrons. The number of thioether (sulfide) groups is 1.